The molecule has 1 amide bonds. The van der Waals surface area contributed by atoms with Crippen molar-refractivity contribution in [3.63, 3.8) is 0 Å². The molecule has 0 aliphatic carbocycles. The molecule has 0 saturated carbocycles. The maximum absolute atomic E-state index is 12.5. The monoisotopic (exact) mass is 774 g/mol. The van der Waals surface area contributed by atoms with Crippen molar-refractivity contribution in [2.45, 2.75) is 250 Å². The lowest BCUT2D eigenvalue weighted by Crippen LogP contribution is -2.53. The van der Waals surface area contributed by atoms with Gasteiger partial charge in [-0.15, -0.1) is 0 Å². The highest BCUT2D eigenvalue weighted by Gasteiger charge is 2.28. The van der Waals surface area contributed by atoms with E-state index in [1.54, 1.807) is 0 Å². The third-order valence-electron chi connectivity index (χ3n) is 10.7. The number of hydrogen-bond donors (Lipinski definition) is 5. The number of amides is 1. The molecule has 55 heavy (non-hydrogen) atoms. The van der Waals surface area contributed by atoms with E-state index in [9.17, 15) is 25.2 Å². The molecule has 0 saturated heterocycles. The molecule has 0 spiro atoms. The fourth-order valence-corrected chi connectivity index (χ4v) is 6.98. The number of carbonyl (C=O) groups excluding carboxylic acids is 1. The van der Waals surface area contributed by atoms with Crippen molar-refractivity contribution in [3.8, 4) is 0 Å². The average Bonchev–Trinajstić information content (AvgIpc) is 3.19. The molecule has 6 heteroatoms. The maximum atomic E-state index is 12.5. The molecule has 0 aromatic rings. The van der Waals surface area contributed by atoms with E-state index in [-0.39, 0.29) is 0 Å². The van der Waals surface area contributed by atoms with E-state index < -0.39 is 36.9 Å². The molecule has 6 nitrogen and oxygen atoms in total. The summed E-state index contributed by atoms with van der Waals surface area (Å²) in [4.78, 5) is 12.5. The second-order valence-corrected chi connectivity index (χ2v) is 16.1. The Labute approximate surface area is 340 Å². The number of aliphatic hydroxyl groups excluding tert-OH is 4. The summed E-state index contributed by atoms with van der Waals surface area (Å²) in [7, 11) is 0. The van der Waals surface area contributed by atoms with Gasteiger partial charge in [-0.1, -0.05) is 191 Å². The van der Waals surface area contributed by atoms with Crippen molar-refractivity contribution in [3.05, 3.63) is 48.6 Å². The SMILES string of the molecule is CCCCCCCCCC/C=C/CC/C=C/CCCC(O)C(O)C(CO)NC(=O)C(O)CCCCCCCC/C=C\C/C=C\CCCCCCCCCCC. The van der Waals surface area contributed by atoms with E-state index in [0.29, 0.717) is 19.3 Å². The molecule has 0 radical (unpaired) electrons. The fourth-order valence-electron chi connectivity index (χ4n) is 6.98. The van der Waals surface area contributed by atoms with Gasteiger partial charge in [0.25, 0.3) is 0 Å². The van der Waals surface area contributed by atoms with Crippen LogP contribution in [-0.4, -0.2) is 57.3 Å². The normalized spacial score (nSPS) is 14.5. The van der Waals surface area contributed by atoms with Crippen molar-refractivity contribution in [1.82, 2.24) is 5.32 Å². The van der Waals surface area contributed by atoms with Gasteiger partial charge in [-0.05, 0) is 83.5 Å². The molecule has 5 N–H and O–H groups in total. The van der Waals surface area contributed by atoms with Crippen molar-refractivity contribution in [2.75, 3.05) is 6.61 Å². The number of unbranched alkanes of at least 4 members (excludes halogenated alkanes) is 25. The lowest BCUT2D eigenvalue weighted by atomic mass is 10.00. The van der Waals surface area contributed by atoms with Crippen LogP contribution in [0.2, 0.25) is 0 Å². The van der Waals surface area contributed by atoms with Gasteiger partial charge >= 0.3 is 0 Å². The molecular formula is C49H91NO5. The van der Waals surface area contributed by atoms with Gasteiger partial charge in [-0.2, -0.15) is 0 Å². The van der Waals surface area contributed by atoms with Crippen LogP contribution in [0.25, 0.3) is 0 Å². The largest absolute Gasteiger partial charge is 0.394 e. The van der Waals surface area contributed by atoms with Crippen LogP contribution in [0.1, 0.15) is 226 Å². The fraction of sp³-hybridized carbons (Fsp3) is 0.816. The topological polar surface area (TPSA) is 110 Å². The number of hydrogen-bond acceptors (Lipinski definition) is 5. The summed E-state index contributed by atoms with van der Waals surface area (Å²) >= 11 is 0. The number of nitrogens with one attached hydrogen (secondary N) is 1. The molecule has 322 valence electrons. The van der Waals surface area contributed by atoms with Gasteiger partial charge in [0.2, 0.25) is 5.91 Å². The summed E-state index contributed by atoms with van der Waals surface area (Å²) in [6.07, 6.45) is 52.9. The van der Waals surface area contributed by atoms with Crippen LogP contribution in [0.4, 0.5) is 0 Å². The van der Waals surface area contributed by atoms with E-state index in [4.69, 9.17) is 0 Å². The van der Waals surface area contributed by atoms with E-state index in [2.05, 4.69) is 67.8 Å². The van der Waals surface area contributed by atoms with Crippen LogP contribution >= 0.6 is 0 Å². The lowest BCUT2D eigenvalue weighted by Gasteiger charge is -2.27. The van der Waals surface area contributed by atoms with Crippen LogP contribution in [0.15, 0.2) is 48.6 Å². The van der Waals surface area contributed by atoms with E-state index in [0.717, 1.165) is 57.8 Å². The molecule has 0 aromatic heterocycles. The molecule has 0 aliphatic heterocycles. The van der Waals surface area contributed by atoms with Crippen molar-refractivity contribution in [2.24, 2.45) is 0 Å². The first kappa shape index (κ1) is 53.3. The lowest BCUT2D eigenvalue weighted by molar-refractivity contribution is -0.132. The second kappa shape index (κ2) is 43.4. The van der Waals surface area contributed by atoms with Gasteiger partial charge in [-0.25, -0.2) is 0 Å². The Morgan fingerprint density at radius 1 is 0.455 bits per heavy atom. The van der Waals surface area contributed by atoms with Crippen LogP contribution in [0.5, 0.6) is 0 Å². The zero-order chi connectivity index (χ0) is 40.3. The smallest absolute Gasteiger partial charge is 0.249 e. The van der Waals surface area contributed by atoms with Crippen molar-refractivity contribution >= 4 is 5.91 Å². The second-order valence-electron chi connectivity index (χ2n) is 16.1. The summed E-state index contributed by atoms with van der Waals surface area (Å²) in [5, 5.41) is 43.7. The van der Waals surface area contributed by atoms with Crippen LogP contribution in [0.3, 0.4) is 0 Å². The van der Waals surface area contributed by atoms with E-state index in [1.165, 1.54) is 135 Å². The Morgan fingerprint density at radius 2 is 0.818 bits per heavy atom. The average molecular weight is 774 g/mol. The highest BCUT2D eigenvalue weighted by atomic mass is 16.3. The molecule has 0 rings (SSSR count). The molecular weight excluding hydrogens is 683 g/mol. The molecule has 0 bridgehead atoms. The summed E-state index contributed by atoms with van der Waals surface area (Å²) in [5.74, 6) is -0.606. The highest BCUT2D eigenvalue weighted by molar-refractivity contribution is 5.80. The quantitative estimate of drug-likeness (QED) is 0.0313. The molecule has 0 heterocycles. The van der Waals surface area contributed by atoms with Gasteiger partial charge in [0.1, 0.15) is 12.2 Å². The zero-order valence-corrected chi connectivity index (χ0v) is 36.2. The van der Waals surface area contributed by atoms with Gasteiger partial charge in [0, 0.05) is 0 Å². The molecule has 4 atom stereocenters. The molecule has 4 unspecified atom stereocenters. The minimum absolute atomic E-state index is 0.347. The first-order valence-corrected chi connectivity index (χ1v) is 23.5. The standard InChI is InChI=1S/C49H91NO5/c1-3-5-7-9-11-13-15-17-19-21-22-23-24-25-27-29-31-33-35-37-39-41-43-47(53)49(55)50-45(44-51)48(54)46(52)42-40-38-36-34-32-30-28-26-20-18-16-14-12-10-8-6-4-2/h22-23,25-28,34,36,45-48,51-54H,3-21,24,29-33,35,37-44H2,1-2H3,(H,50,55)/b23-22-,27-25-,28-26+,36-34+. The molecule has 0 aromatic carbocycles. The minimum atomic E-state index is -1.29. The van der Waals surface area contributed by atoms with Crippen molar-refractivity contribution in [1.29, 1.82) is 0 Å². The van der Waals surface area contributed by atoms with Gasteiger partial charge in [0.15, 0.2) is 0 Å². The maximum Gasteiger partial charge on any atom is 0.249 e. The summed E-state index contributed by atoms with van der Waals surface area (Å²) in [6, 6.07) is -1.01. The molecule has 0 aliphatic rings. The number of aliphatic hydroxyl groups is 4. The Balaban J connectivity index is 3.81. The Bertz CT molecular complexity index is 915. The first-order valence-electron chi connectivity index (χ1n) is 23.5. The summed E-state index contributed by atoms with van der Waals surface area (Å²) in [6.45, 7) is 4.03. The predicted molar refractivity (Wildman–Crippen MR) is 237 cm³/mol. The number of rotatable bonds is 42. The summed E-state index contributed by atoms with van der Waals surface area (Å²) in [5.41, 5.74) is 0. The number of allylic oxidation sites excluding steroid dienone is 8. The Kier molecular flexibility index (Phi) is 42.0. The Morgan fingerprint density at radius 3 is 1.25 bits per heavy atom. The van der Waals surface area contributed by atoms with Gasteiger partial charge in [-0.3, -0.25) is 4.79 Å². The van der Waals surface area contributed by atoms with Gasteiger partial charge in [0.05, 0.1) is 18.8 Å². The third kappa shape index (κ3) is 37.6. The minimum Gasteiger partial charge on any atom is -0.394 e. The van der Waals surface area contributed by atoms with E-state index in [1.807, 2.05) is 0 Å². The molecule has 0 fully saturated rings. The first-order chi connectivity index (χ1) is 27.0. The predicted octanol–water partition coefficient (Wildman–Crippen LogP) is 12.7. The highest BCUT2D eigenvalue weighted by Crippen LogP contribution is 2.14. The van der Waals surface area contributed by atoms with Crippen molar-refractivity contribution < 1.29 is 25.2 Å². The van der Waals surface area contributed by atoms with Gasteiger partial charge < -0.3 is 25.7 Å². The summed E-state index contributed by atoms with van der Waals surface area (Å²) < 4.78 is 0. The van der Waals surface area contributed by atoms with Crippen LogP contribution in [-0.2, 0) is 4.79 Å². The third-order valence-corrected chi connectivity index (χ3v) is 10.7. The van der Waals surface area contributed by atoms with E-state index >= 15 is 0 Å². The zero-order valence-electron chi connectivity index (χ0n) is 36.2. The number of carbonyl (C=O) groups is 1. The Hall–Kier alpha value is -1.73. The van der Waals surface area contributed by atoms with Crippen LogP contribution < -0.4 is 5.32 Å². The van der Waals surface area contributed by atoms with Crippen LogP contribution in [0, 0.1) is 0 Å².